The molecule has 0 aliphatic carbocycles. The van der Waals surface area contributed by atoms with E-state index in [1.807, 2.05) is 32.0 Å². The zero-order valence-corrected chi connectivity index (χ0v) is 14.3. The van der Waals surface area contributed by atoms with Crippen LogP contribution in [0.4, 0.5) is 0 Å². The number of hydrogen-bond acceptors (Lipinski definition) is 6. The van der Waals surface area contributed by atoms with E-state index in [4.69, 9.17) is 25.7 Å². The number of rotatable bonds is 9. The largest absolute Gasteiger partial charge is 0.497 e. The van der Waals surface area contributed by atoms with Crippen molar-refractivity contribution in [2.24, 2.45) is 11.5 Å². The van der Waals surface area contributed by atoms with E-state index < -0.39 is 0 Å². The van der Waals surface area contributed by atoms with E-state index in [0.717, 1.165) is 22.6 Å². The van der Waals surface area contributed by atoms with Crippen molar-refractivity contribution >= 4 is 0 Å². The van der Waals surface area contributed by atoms with Crippen LogP contribution in [0.2, 0.25) is 0 Å². The first-order chi connectivity index (χ1) is 11.0. The van der Waals surface area contributed by atoms with E-state index in [-0.39, 0.29) is 6.10 Å². The number of nitrogens with one attached hydrogen (secondary N) is 1. The molecule has 0 aromatic heterocycles. The minimum Gasteiger partial charge on any atom is -0.497 e. The zero-order chi connectivity index (χ0) is 17.2. The Morgan fingerprint density at radius 1 is 1.30 bits per heavy atom. The Kier molecular flexibility index (Phi) is 7.83. The molecule has 0 saturated heterocycles. The van der Waals surface area contributed by atoms with Gasteiger partial charge in [-0.1, -0.05) is 0 Å². The number of hydrogen-bond donors (Lipinski definition) is 3. The van der Waals surface area contributed by atoms with Crippen molar-refractivity contribution in [1.29, 1.82) is 0 Å². The quantitative estimate of drug-likeness (QED) is 0.601. The lowest BCUT2D eigenvalue weighted by Crippen LogP contribution is -2.22. The van der Waals surface area contributed by atoms with E-state index in [1.165, 1.54) is 6.20 Å². The van der Waals surface area contributed by atoms with Crippen LogP contribution in [-0.4, -0.2) is 26.9 Å². The second kappa shape index (κ2) is 9.63. The lowest BCUT2D eigenvalue weighted by atomic mass is 10.1. The fourth-order valence-corrected chi connectivity index (χ4v) is 2.07. The Hall–Kier alpha value is -2.34. The van der Waals surface area contributed by atoms with Crippen LogP contribution in [0.15, 0.2) is 41.9 Å². The molecule has 128 valence electrons. The Bertz CT molecular complexity index is 556. The highest BCUT2D eigenvalue weighted by Crippen LogP contribution is 2.24. The molecular formula is C17H27N3O3. The number of methoxy groups -OCH3 is 2. The lowest BCUT2D eigenvalue weighted by Gasteiger charge is -2.15. The molecule has 0 aliphatic rings. The zero-order valence-electron chi connectivity index (χ0n) is 14.3. The summed E-state index contributed by atoms with van der Waals surface area (Å²) in [6.07, 6.45) is 3.17. The summed E-state index contributed by atoms with van der Waals surface area (Å²) in [4.78, 5) is 0. The molecule has 5 N–H and O–H groups in total. The molecule has 23 heavy (non-hydrogen) atoms. The van der Waals surface area contributed by atoms with Crippen molar-refractivity contribution in [3.63, 3.8) is 0 Å². The smallest absolute Gasteiger partial charge is 0.127 e. The van der Waals surface area contributed by atoms with Gasteiger partial charge in [-0.15, -0.1) is 0 Å². The van der Waals surface area contributed by atoms with Crippen LogP contribution in [-0.2, 0) is 11.3 Å². The number of nitrogens with two attached hydrogens (primary N) is 2. The van der Waals surface area contributed by atoms with E-state index in [2.05, 4.69) is 5.32 Å². The van der Waals surface area contributed by atoms with E-state index in [9.17, 15) is 0 Å². The number of benzene rings is 1. The lowest BCUT2D eigenvalue weighted by molar-refractivity contribution is 0.103. The predicted octanol–water partition coefficient (Wildman–Crippen LogP) is 1.86. The highest BCUT2D eigenvalue weighted by atomic mass is 16.5. The second-order valence-electron chi connectivity index (χ2n) is 4.90. The molecule has 0 spiro atoms. The summed E-state index contributed by atoms with van der Waals surface area (Å²) in [5.41, 5.74) is 13.4. The molecule has 0 bridgehead atoms. The number of ether oxygens (including phenoxy) is 3. The minimum absolute atomic E-state index is 0.110. The first kappa shape index (κ1) is 18.7. The van der Waals surface area contributed by atoms with Gasteiger partial charge in [0.2, 0.25) is 0 Å². The summed E-state index contributed by atoms with van der Waals surface area (Å²) in [7, 11) is 3.24. The van der Waals surface area contributed by atoms with Gasteiger partial charge in [0.25, 0.3) is 0 Å². The Morgan fingerprint density at radius 2 is 2.04 bits per heavy atom. The molecule has 1 aromatic carbocycles. The van der Waals surface area contributed by atoms with Crippen molar-refractivity contribution in [3.05, 3.63) is 47.4 Å². The molecule has 0 fully saturated rings. The van der Waals surface area contributed by atoms with Gasteiger partial charge >= 0.3 is 0 Å². The van der Waals surface area contributed by atoms with Crippen LogP contribution in [0.5, 0.6) is 11.5 Å². The minimum atomic E-state index is -0.110. The topological polar surface area (TPSA) is 91.8 Å². The van der Waals surface area contributed by atoms with Gasteiger partial charge in [-0.25, -0.2) is 0 Å². The summed E-state index contributed by atoms with van der Waals surface area (Å²) < 4.78 is 16.1. The third kappa shape index (κ3) is 5.75. The highest BCUT2D eigenvalue weighted by Gasteiger charge is 2.08. The molecule has 1 unspecified atom stereocenters. The average molecular weight is 321 g/mol. The van der Waals surface area contributed by atoms with Crippen LogP contribution in [0.1, 0.15) is 19.4 Å². The van der Waals surface area contributed by atoms with Gasteiger partial charge in [0.1, 0.15) is 11.5 Å². The van der Waals surface area contributed by atoms with Gasteiger partial charge in [0.05, 0.1) is 26.1 Å². The van der Waals surface area contributed by atoms with Gasteiger partial charge in [-0.2, -0.15) is 0 Å². The monoisotopic (exact) mass is 321 g/mol. The van der Waals surface area contributed by atoms with Crippen molar-refractivity contribution in [3.8, 4) is 11.5 Å². The van der Waals surface area contributed by atoms with Gasteiger partial charge in [-0.05, 0) is 43.8 Å². The molecular weight excluding hydrogens is 294 g/mol. The molecule has 1 atom stereocenters. The van der Waals surface area contributed by atoms with E-state index >= 15 is 0 Å². The van der Waals surface area contributed by atoms with Gasteiger partial charge in [0.15, 0.2) is 0 Å². The van der Waals surface area contributed by atoms with Crippen LogP contribution in [0, 0.1) is 0 Å². The van der Waals surface area contributed by atoms with E-state index in [1.54, 1.807) is 20.3 Å². The van der Waals surface area contributed by atoms with Gasteiger partial charge < -0.3 is 31.0 Å². The second-order valence-corrected chi connectivity index (χ2v) is 4.90. The van der Waals surface area contributed by atoms with Crippen LogP contribution in [0.3, 0.4) is 0 Å². The maximum absolute atomic E-state index is 6.01. The molecule has 0 aliphatic heterocycles. The standard InChI is InChI=1S/C17H27N3O3/c1-5-23-12(2)14(10-18)8-17(19)20-11-13-6-7-15(21-3)9-16(13)22-4/h6-10,12,20H,5,11,18-19H2,1-4H3/b14-10+,17-8+. The summed E-state index contributed by atoms with van der Waals surface area (Å²) >= 11 is 0. The third-order valence-corrected chi connectivity index (χ3v) is 3.38. The molecule has 0 heterocycles. The Balaban J connectivity index is 2.75. The summed E-state index contributed by atoms with van der Waals surface area (Å²) in [6, 6.07) is 5.64. The summed E-state index contributed by atoms with van der Waals surface area (Å²) in [5.74, 6) is 1.99. The van der Waals surface area contributed by atoms with Gasteiger partial charge in [0, 0.05) is 24.8 Å². The van der Waals surface area contributed by atoms with Crippen LogP contribution in [0.25, 0.3) is 0 Å². The van der Waals surface area contributed by atoms with Gasteiger partial charge in [-0.3, -0.25) is 0 Å². The highest BCUT2D eigenvalue weighted by molar-refractivity contribution is 5.41. The van der Waals surface area contributed by atoms with Crippen molar-refractivity contribution in [1.82, 2.24) is 5.32 Å². The Morgan fingerprint density at radius 3 is 2.61 bits per heavy atom. The normalized spacial score (nSPS) is 13.6. The SMILES string of the molecule is CCOC(C)C(/C=C(\N)NCc1ccc(OC)cc1OC)=C/N. The van der Waals surface area contributed by atoms with Crippen LogP contribution >= 0.6 is 0 Å². The van der Waals surface area contributed by atoms with Crippen molar-refractivity contribution < 1.29 is 14.2 Å². The first-order valence-corrected chi connectivity index (χ1v) is 7.51. The molecule has 6 nitrogen and oxygen atoms in total. The molecule has 1 rings (SSSR count). The average Bonchev–Trinajstić information content (AvgIpc) is 2.57. The van der Waals surface area contributed by atoms with Crippen molar-refractivity contribution in [2.75, 3.05) is 20.8 Å². The Labute approximate surface area is 138 Å². The molecule has 0 amide bonds. The molecule has 0 radical (unpaired) electrons. The summed E-state index contributed by atoms with van der Waals surface area (Å²) in [6.45, 7) is 5.00. The van der Waals surface area contributed by atoms with Crippen molar-refractivity contribution in [2.45, 2.75) is 26.5 Å². The maximum Gasteiger partial charge on any atom is 0.127 e. The first-order valence-electron chi connectivity index (χ1n) is 7.51. The molecule has 1 aromatic rings. The van der Waals surface area contributed by atoms with Crippen LogP contribution < -0.4 is 26.3 Å². The predicted molar refractivity (Wildman–Crippen MR) is 92.0 cm³/mol. The molecule has 0 saturated carbocycles. The third-order valence-electron chi connectivity index (χ3n) is 3.38. The fraction of sp³-hybridized carbons (Fsp3) is 0.412. The maximum atomic E-state index is 6.01. The van der Waals surface area contributed by atoms with E-state index in [0.29, 0.717) is 19.0 Å². The molecule has 6 heteroatoms. The summed E-state index contributed by atoms with van der Waals surface area (Å²) in [5, 5.41) is 3.14. The fourth-order valence-electron chi connectivity index (χ4n) is 2.07.